The molecule has 104 valence electrons. The number of nitrogens with zero attached hydrogens (tertiary/aromatic N) is 1. The van der Waals surface area contributed by atoms with Gasteiger partial charge in [0.2, 0.25) is 0 Å². The Morgan fingerprint density at radius 2 is 2.33 bits per heavy atom. The molecule has 1 aliphatic rings. The van der Waals surface area contributed by atoms with Crippen molar-refractivity contribution in [3.05, 3.63) is 23.8 Å². The van der Waals surface area contributed by atoms with Gasteiger partial charge >= 0.3 is 0 Å². The number of hydrogen-bond acceptors (Lipinski definition) is 3. The fourth-order valence-corrected chi connectivity index (χ4v) is 3.06. The van der Waals surface area contributed by atoms with Crippen LogP contribution in [0.1, 0.15) is 20.3 Å². The van der Waals surface area contributed by atoms with Gasteiger partial charge in [0.05, 0.1) is 15.8 Å². The fourth-order valence-electron chi connectivity index (χ4n) is 2.02. The maximum absolute atomic E-state index is 13.6. The lowest BCUT2D eigenvalue weighted by Crippen LogP contribution is -2.32. The van der Waals surface area contributed by atoms with E-state index in [0.29, 0.717) is 6.54 Å². The molecule has 0 bridgehead atoms. The van der Waals surface area contributed by atoms with Gasteiger partial charge in [-0.2, -0.15) is 0 Å². The monoisotopic (exact) mass is 389 g/mol. The van der Waals surface area contributed by atoms with E-state index in [1.54, 1.807) is 4.90 Å². The van der Waals surface area contributed by atoms with E-state index in [1.807, 2.05) is 47.2 Å². The van der Waals surface area contributed by atoms with E-state index in [2.05, 4.69) is 6.08 Å². The zero-order valence-electron chi connectivity index (χ0n) is 10.5. The molecule has 0 saturated carbocycles. The first kappa shape index (κ1) is 16.4. The SMILES string of the molecule is C/C=C\C(=C/CC)CN1CC(OSI)C(F)(F)C1. The Bertz CT molecular complexity index is 323. The summed E-state index contributed by atoms with van der Waals surface area (Å²) in [6.45, 7) is 4.58. The standard InChI is InChI=1S/C12H18F2INOS/c1-3-5-10(6-4-2)7-16-8-11(17-18-15)12(13,14)9-16/h3,5-6,11H,4,7-9H2,1-2H3/b5-3-,10-6+. The molecule has 1 atom stereocenters. The molecular weight excluding hydrogens is 371 g/mol. The van der Waals surface area contributed by atoms with Gasteiger partial charge in [0.15, 0.2) is 6.10 Å². The highest BCUT2D eigenvalue weighted by Crippen LogP contribution is 2.34. The minimum absolute atomic E-state index is 0.229. The number of hydrogen-bond donors (Lipinski definition) is 0. The summed E-state index contributed by atoms with van der Waals surface area (Å²) < 4.78 is 32.3. The Hall–Kier alpha value is 0.340. The highest BCUT2D eigenvalue weighted by molar-refractivity contribution is 14.2. The van der Waals surface area contributed by atoms with Crippen LogP contribution in [0.4, 0.5) is 8.78 Å². The van der Waals surface area contributed by atoms with Crippen LogP contribution in [0.15, 0.2) is 23.8 Å². The first-order valence-corrected chi connectivity index (χ1v) is 9.18. The summed E-state index contributed by atoms with van der Waals surface area (Å²) in [5.41, 5.74) is 1.08. The first-order chi connectivity index (χ1) is 8.53. The molecule has 0 spiro atoms. The normalized spacial score (nSPS) is 25.2. The second-order valence-electron chi connectivity index (χ2n) is 4.27. The quantitative estimate of drug-likeness (QED) is 0.383. The minimum atomic E-state index is -2.76. The lowest BCUT2D eigenvalue weighted by atomic mass is 10.2. The summed E-state index contributed by atoms with van der Waals surface area (Å²) >= 11 is 1.87. The van der Waals surface area contributed by atoms with E-state index in [1.165, 1.54) is 0 Å². The van der Waals surface area contributed by atoms with Crippen molar-refractivity contribution < 1.29 is 13.0 Å². The molecular formula is C12H18F2INOS. The highest BCUT2D eigenvalue weighted by atomic mass is 127. The van der Waals surface area contributed by atoms with E-state index in [4.69, 9.17) is 4.18 Å². The second-order valence-corrected chi connectivity index (χ2v) is 5.66. The van der Waals surface area contributed by atoms with Crippen molar-refractivity contribution in [3.63, 3.8) is 0 Å². The molecule has 1 heterocycles. The van der Waals surface area contributed by atoms with Crippen molar-refractivity contribution in [2.24, 2.45) is 0 Å². The Morgan fingerprint density at radius 3 is 2.89 bits per heavy atom. The lowest BCUT2D eigenvalue weighted by molar-refractivity contribution is -0.0545. The Balaban J connectivity index is 2.62. The van der Waals surface area contributed by atoms with Crippen molar-refractivity contribution in [3.8, 4) is 0 Å². The molecule has 1 fully saturated rings. The van der Waals surface area contributed by atoms with E-state index in [-0.39, 0.29) is 13.1 Å². The number of rotatable bonds is 6. The van der Waals surface area contributed by atoms with Crippen molar-refractivity contribution in [1.29, 1.82) is 0 Å². The summed E-state index contributed by atoms with van der Waals surface area (Å²) in [6, 6.07) is 0. The molecule has 0 N–H and O–H groups in total. The van der Waals surface area contributed by atoms with E-state index in [9.17, 15) is 8.78 Å². The van der Waals surface area contributed by atoms with E-state index >= 15 is 0 Å². The van der Waals surface area contributed by atoms with Crippen molar-refractivity contribution in [2.45, 2.75) is 32.3 Å². The average Bonchev–Trinajstić information content (AvgIpc) is 2.55. The largest absolute Gasteiger partial charge is 0.294 e. The molecule has 0 aromatic carbocycles. The van der Waals surface area contributed by atoms with Crippen molar-refractivity contribution in [1.82, 2.24) is 4.90 Å². The third-order valence-electron chi connectivity index (χ3n) is 2.74. The number of halogens is 3. The number of likely N-dealkylation sites (tertiary alicyclic amines) is 1. The van der Waals surface area contributed by atoms with Crippen LogP contribution in [0.5, 0.6) is 0 Å². The van der Waals surface area contributed by atoms with Crippen LogP contribution < -0.4 is 0 Å². The van der Waals surface area contributed by atoms with Crippen molar-refractivity contribution in [2.75, 3.05) is 19.6 Å². The molecule has 0 aromatic heterocycles. The molecule has 1 unspecified atom stereocenters. The van der Waals surface area contributed by atoms with Gasteiger partial charge in [-0.1, -0.05) is 25.2 Å². The molecule has 2 nitrogen and oxygen atoms in total. The number of allylic oxidation sites excluding steroid dienone is 2. The Kier molecular flexibility index (Phi) is 7.12. The van der Waals surface area contributed by atoms with Gasteiger partial charge < -0.3 is 0 Å². The van der Waals surface area contributed by atoms with Crippen LogP contribution in [0.25, 0.3) is 0 Å². The topological polar surface area (TPSA) is 12.5 Å². The maximum Gasteiger partial charge on any atom is 0.288 e. The molecule has 1 saturated heterocycles. The van der Waals surface area contributed by atoms with Crippen LogP contribution in [-0.2, 0) is 4.18 Å². The zero-order chi connectivity index (χ0) is 13.6. The smallest absolute Gasteiger partial charge is 0.288 e. The summed E-state index contributed by atoms with van der Waals surface area (Å²) in [7, 11) is 0.977. The van der Waals surface area contributed by atoms with Crippen LogP contribution in [0.2, 0.25) is 0 Å². The zero-order valence-corrected chi connectivity index (χ0v) is 13.5. The lowest BCUT2D eigenvalue weighted by Gasteiger charge is -2.15. The van der Waals surface area contributed by atoms with Gasteiger partial charge in [0.25, 0.3) is 5.92 Å². The maximum atomic E-state index is 13.6. The summed E-state index contributed by atoms with van der Waals surface area (Å²) in [5.74, 6) is -2.76. The van der Waals surface area contributed by atoms with Gasteiger partial charge in [-0.25, -0.2) is 8.78 Å². The fraction of sp³-hybridized carbons (Fsp3) is 0.667. The third kappa shape index (κ3) is 4.79. The Labute approximate surface area is 124 Å². The van der Waals surface area contributed by atoms with E-state index < -0.39 is 12.0 Å². The molecule has 0 aromatic rings. The predicted molar refractivity (Wildman–Crippen MR) is 81.1 cm³/mol. The van der Waals surface area contributed by atoms with Crippen molar-refractivity contribution >= 4 is 30.4 Å². The average molecular weight is 389 g/mol. The molecule has 0 aliphatic carbocycles. The van der Waals surface area contributed by atoms with Crippen LogP contribution >= 0.6 is 30.4 Å². The molecule has 1 aliphatic heterocycles. The van der Waals surface area contributed by atoms with Gasteiger partial charge in [0.1, 0.15) is 0 Å². The van der Waals surface area contributed by atoms with Gasteiger partial charge in [0, 0.05) is 34.3 Å². The first-order valence-electron chi connectivity index (χ1n) is 5.89. The Morgan fingerprint density at radius 1 is 1.61 bits per heavy atom. The summed E-state index contributed by atoms with van der Waals surface area (Å²) in [4.78, 5) is 1.75. The van der Waals surface area contributed by atoms with Gasteiger partial charge in [-0.05, 0) is 18.9 Å². The molecule has 6 heteroatoms. The summed E-state index contributed by atoms with van der Waals surface area (Å²) in [6.07, 6.45) is 5.88. The van der Waals surface area contributed by atoms with Crippen LogP contribution in [0, 0.1) is 0 Å². The summed E-state index contributed by atoms with van der Waals surface area (Å²) in [5, 5.41) is 0. The van der Waals surface area contributed by atoms with Gasteiger partial charge in [-0.3, -0.25) is 9.08 Å². The second kappa shape index (κ2) is 7.81. The van der Waals surface area contributed by atoms with Crippen LogP contribution in [0.3, 0.4) is 0 Å². The molecule has 0 amide bonds. The van der Waals surface area contributed by atoms with Gasteiger partial charge in [-0.15, -0.1) is 0 Å². The molecule has 1 rings (SSSR count). The minimum Gasteiger partial charge on any atom is -0.294 e. The molecule has 0 radical (unpaired) electrons. The molecule has 18 heavy (non-hydrogen) atoms. The third-order valence-corrected chi connectivity index (χ3v) is 3.66. The predicted octanol–water partition coefficient (Wildman–Crippen LogP) is 4.23. The van der Waals surface area contributed by atoms with Crippen LogP contribution in [-0.4, -0.2) is 36.6 Å². The highest BCUT2D eigenvalue weighted by Gasteiger charge is 2.49. The van der Waals surface area contributed by atoms with E-state index in [0.717, 1.165) is 21.2 Å². The number of alkyl halides is 2.